The van der Waals surface area contributed by atoms with Crippen LogP contribution in [0.4, 0.5) is 0 Å². The second kappa shape index (κ2) is 5.17. The van der Waals surface area contributed by atoms with Gasteiger partial charge in [0.25, 0.3) is 0 Å². The summed E-state index contributed by atoms with van der Waals surface area (Å²) < 4.78 is 6.15. The van der Waals surface area contributed by atoms with Crippen LogP contribution < -0.4 is 0 Å². The van der Waals surface area contributed by atoms with Crippen LogP contribution in [0.5, 0.6) is 0 Å². The van der Waals surface area contributed by atoms with Crippen molar-refractivity contribution in [1.82, 2.24) is 4.90 Å². The molecule has 0 N–H and O–H groups in total. The van der Waals surface area contributed by atoms with E-state index in [2.05, 4.69) is 36.9 Å². The lowest BCUT2D eigenvalue weighted by molar-refractivity contribution is 0.196. The average molecular weight is 283 g/mol. The highest BCUT2D eigenvalue weighted by Gasteiger charge is 2.28. The molecule has 21 heavy (non-hydrogen) atoms. The van der Waals surface area contributed by atoms with Crippen molar-refractivity contribution >= 4 is 11.0 Å². The Bertz CT molecular complexity index is 606. The highest BCUT2D eigenvalue weighted by Crippen LogP contribution is 2.35. The number of hydrogen-bond donors (Lipinski definition) is 0. The van der Waals surface area contributed by atoms with Crippen LogP contribution in [0.2, 0.25) is 0 Å². The quantitative estimate of drug-likeness (QED) is 0.816. The van der Waals surface area contributed by atoms with Gasteiger partial charge in [-0.05, 0) is 87.9 Å². The van der Waals surface area contributed by atoms with Gasteiger partial charge >= 0.3 is 0 Å². The fourth-order valence-electron chi connectivity index (χ4n) is 3.59. The Morgan fingerprint density at radius 2 is 1.71 bits per heavy atom. The van der Waals surface area contributed by atoms with E-state index in [1.807, 2.05) is 0 Å². The Balaban J connectivity index is 1.48. The van der Waals surface area contributed by atoms with Gasteiger partial charge in [0, 0.05) is 17.8 Å². The molecular formula is C19H25NO. The summed E-state index contributed by atoms with van der Waals surface area (Å²) in [6.45, 7) is 8.17. The van der Waals surface area contributed by atoms with Crippen LogP contribution >= 0.6 is 0 Å². The number of nitrogens with zero attached hydrogens (tertiary/aromatic N) is 1. The first-order chi connectivity index (χ1) is 10.2. The van der Waals surface area contributed by atoms with E-state index in [9.17, 15) is 0 Å². The number of fused-ring (bicyclic) bond motifs is 1. The standard InChI is InChI=1S/C19H25NO/c1-13-9-17-11-19(21-18(17)10-14(13)2)16-5-7-20(8-6-16)12-15-3-4-15/h9-11,15-16H,3-8,12H2,1-2H3. The number of hydrogen-bond acceptors (Lipinski definition) is 2. The first-order valence-corrected chi connectivity index (χ1v) is 8.42. The van der Waals surface area contributed by atoms with Gasteiger partial charge in [0.05, 0.1) is 0 Å². The fraction of sp³-hybridized carbons (Fsp3) is 0.579. The van der Waals surface area contributed by atoms with E-state index >= 15 is 0 Å². The molecule has 0 amide bonds. The van der Waals surface area contributed by atoms with Crippen molar-refractivity contribution in [2.24, 2.45) is 5.92 Å². The van der Waals surface area contributed by atoms with E-state index in [1.54, 1.807) is 0 Å². The fourth-order valence-corrected chi connectivity index (χ4v) is 3.59. The lowest BCUT2D eigenvalue weighted by Gasteiger charge is -2.30. The summed E-state index contributed by atoms with van der Waals surface area (Å²) in [6.07, 6.45) is 5.43. The number of piperidine rings is 1. The molecule has 2 heterocycles. The molecule has 4 rings (SSSR count). The number of rotatable bonds is 3. The molecule has 2 aromatic rings. The molecule has 2 aliphatic rings. The minimum atomic E-state index is 0.619. The highest BCUT2D eigenvalue weighted by molar-refractivity contribution is 5.79. The molecule has 0 spiro atoms. The van der Waals surface area contributed by atoms with Gasteiger partial charge in [-0.3, -0.25) is 0 Å². The molecule has 1 saturated carbocycles. The van der Waals surface area contributed by atoms with Crippen molar-refractivity contribution in [2.45, 2.75) is 45.4 Å². The summed E-state index contributed by atoms with van der Waals surface area (Å²) in [5.41, 5.74) is 3.74. The van der Waals surface area contributed by atoms with E-state index in [-0.39, 0.29) is 0 Å². The average Bonchev–Trinajstić information content (AvgIpc) is 3.19. The summed E-state index contributed by atoms with van der Waals surface area (Å²) >= 11 is 0. The maximum Gasteiger partial charge on any atom is 0.134 e. The zero-order valence-corrected chi connectivity index (χ0v) is 13.2. The predicted molar refractivity (Wildman–Crippen MR) is 86.8 cm³/mol. The molecule has 1 aliphatic carbocycles. The molecule has 2 fully saturated rings. The van der Waals surface area contributed by atoms with Crippen molar-refractivity contribution in [3.05, 3.63) is 35.1 Å². The number of likely N-dealkylation sites (tertiary alicyclic amines) is 1. The summed E-state index contributed by atoms with van der Waals surface area (Å²) in [7, 11) is 0. The monoisotopic (exact) mass is 283 g/mol. The minimum absolute atomic E-state index is 0.619. The topological polar surface area (TPSA) is 16.4 Å². The summed E-state index contributed by atoms with van der Waals surface area (Å²) in [5.74, 6) is 2.84. The second-order valence-corrected chi connectivity index (χ2v) is 7.14. The number of benzene rings is 1. The van der Waals surface area contributed by atoms with Crippen LogP contribution in [0.3, 0.4) is 0 Å². The Hall–Kier alpha value is -1.28. The molecule has 2 heteroatoms. The van der Waals surface area contributed by atoms with Crippen LogP contribution in [-0.4, -0.2) is 24.5 Å². The third-order valence-corrected chi connectivity index (χ3v) is 5.35. The van der Waals surface area contributed by atoms with Crippen LogP contribution in [0.15, 0.2) is 22.6 Å². The van der Waals surface area contributed by atoms with Crippen LogP contribution in [0.25, 0.3) is 11.0 Å². The minimum Gasteiger partial charge on any atom is -0.461 e. The zero-order chi connectivity index (χ0) is 14.4. The highest BCUT2D eigenvalue weighted by atomic mass is 16.3. The smallest absolute Gasteiger partial charge is 0.134 e. The van der Waals surface area contributed by atoms with E-state index in [0.717, 1.165) is 11.5 Å². The molecule has 2 nitrogen and oxygen atoms in total. The van der Waals surface area contributed by atoms with Crippen molar-refractivity contribution in [2.75, 3.05) is 19.6 Å². The molecule has 0 bridgehead atoms. The van der Waals surface area contributed by atoms with Crippen LogP contribution in [0.1, 0.15) is 48.5 Å². The maximum absolute atomic E-state index is 6.15. The second-order valence-electron chi connectivity index (χ2n) is 7.14. The van der Waals surface area contributed by atoms with Gasteiger partial charge in [0.2, 0.25) is 0 Å². The van der Waals surface area contributed by atoms with Gasteiger partial charge in [-0.25, -0.2) is 0 Å². The van der Waals surface area contributed by atoms with E-state index < -0.39 is 0 Å². The van der Waals surface area contributed by atoms with Crippen molar-refractivity contribution in [3.63, 3.8) is 0 Å². The SMILES string of the molecule is Cc1cc2cc(C3CCN(CC4CC4)CC3)oc2cc1C. The first-order valence-electron chi connectivity index (χ1n) is 8.42. The van der Waals surface area contributed by atoms with Gasteiger partial charge in [0.1, 0.15) is 11.3 Å². The molecular weight excluding hydrogens is 258 g/mol. The maximum atomic E-state index is 6.15. The van der Waals surface area contributed by atoms with Gasteiger partial charge in [0.15, 0.2) is 0 Å². The largest absolute Gasteiger partial charge is 0.461 e. The molecule has 1 aromatic carbocycles. The Morgan fingerprint density at radius 3 is 2.43 bits per heavy atom. The Kier molecular flexibility index (Phi) is 3.30. The van der Waals surface area contributed by atoms with E-state index in [1.165, 1.54) is 67.6 Å². The normalized spacial score (nSPS) is 21.2. The lowest BCUT2D eigenvalue weighted by atomic mass is 9.94. The lowest BCUT2D eigenvalue weighted by Crippen LogP contribution is -2.34. The molecule has 0 radical (unpaired) electrons. The molecule has 1 saturated heterocycles. The molecule has 1 aliphatic heterocycles. The molecule has 0 unspecified atom stereocenters. The van der Waals surface area contributed by atoms with Gasteiger partial charge in [-0.15, -0.1) is 0 Å². The van der Waals surface area contributed by atoms with Crippen molar-refractivity contribution < 1.29 is 4.42 Å². The zero-order valence-electron chi connectivity index (χ0n) is 13.2. The molecule has 1 aromatic heterocycles. The van der Waals surface area contributed by atoms with E-state index in [4.69, 9.17) is 4.42 Å². The Labute approximate surface area is 127 Å². The summed E-state index contributed by atoms with van der Waals surface area (Å²) in [4.78, 5) is 2.66. The third-order valence-electron chi connectivity index (χ3n) is 5.35. The first kappa shape index (κ1) is 13.4. The molecule has 112 valence electrons. The van der Waals surface area contributed by atoms with Crippen molar-refractivity contribution in [1.29, 1.82) is 0 Å². The van der Waals surface area contributed by atoms with Crippen molar-refractivity contribution in [3.8, 4) is 0 Å². The summed E-state index contributed by atoms with van der Waals surface area (Å²) in [6, 6.07) is 6.74. The number of furan rings is 1. The predicted octanol–water partition coefficient (Wildman–Crippen LogP) is 4.64. The summed E-state index contributed by atoms with van der Waals surface area (Å²) in [5, 5.41) is 1.27. The van der Waals surface area contributed by atoms with Gasteiger partial charge < -0.3 is 9.32 Å². The number of aryl methyl sites for hydroxylation is 2. The third kappa shape index (κ3) is 2.74. The van der Waals surface area contributed by atoms with Crippen LogP contribution in [-0.2, 0) is 0 Å². The molecule has 0 atom stereocenters. The van der Waals surface area contributed by atoms with Gasteiger partial charge in [-0.1, -0.05) is 0 Å². The van der Waals surface area contributed by atoms with Crippen LogP contribution in [0, 0.1) is 19.8 Å². The Morgan fingerprint density at radius 1 is 1.00 bits per heavy atom. The van der Waals surface area contributed by atoms with Gasteiger partial charge in [-0.2, -0.15) is 0 Å². The van der Waals surface area contributed by atoms with E-state index in [0.29, 0.717) is 5.92 Å².